The van der Waals surface area contributed by atoms with E-state index in [1.807, 2.05) is 19.1 Å². The van der Waals surface area contributed by atoms with Gasteiger partial charge in [-0.05, 0) is 43.3 Å². The summed E-state index contributed by atoms with van der Waals surface area (Å²) in [7, 11) is -3.66. The quantitative estimate of drug-likeness (QED) is 0.396. The molecule has 3 rings (SSSR count). The molecule has 3 N–H and O–H groups in total. The van der Waals surface area contributed by atoms with E-state index in [9.17, 15) is 23.1 Å². The number of hydrogen-bond donors (Lipinski definition) is 3. The maximum absolute atomic E-state index is 13.7. The van der Waals surface area contributed by atoms with Crippen molar-refractivity contribution in [2.24, 2.45) is 5.41 Å². The van der Waals surface area contributed by atoms with E-state index >= 15 is 0 Å². The van der Waals surface area contributed by atoms with Crippen molar-refractivity contribution >= 4 is 33.4 Å². The number of carbonyl (C=O) groups is 2. The van der Waals surface area contributed by atoms with E-state index in [4.69, 9.17) is 11.6 Å². The monoisotopic (exact) mass is 476 g/mol. The third kappa shape index (κ3) is 5.38. The SMILES string of the molecule is CC1(NS(C)(=O)=O)C=C(CC(=O)O)C(C)(Cc2ccc[nH]2)C(C(=O)c2ccc(Cl)cc2)=C1. The molecule has 2 atom stereocenters. The van der Waals surface area contributed by atoms with Crippen LogP contribution in [0.4, 0.5) is 0 Å². The number of carbonyl (C=O) groups excluding carboxylic acids is 1. The lowest BCUT2D eigenvalue weighted by Crippen LogP contribution is -2.48. The summed E-state index contributed by atoms with van der Waals surface area (Å²) in [6.45, 7) is 3.40. The molecule has 7 nitrogen and oxygen atoms in total. The number of carboxylic acids is 1. The van der Waals surface area contributed by atoms with Gasteiger partial charge in [-0.2, -0.15) is 0 Å². The minimum absolute atomic E-state index is 0.312. The molecule has 0 saturated carbocycles. The molecule has 0 bridgehead atoms. The van der Waals surface area contributed by atoms with Gasteiger partial charge in [0, 0.05) is 39.9 Å². The summed E-state index contributed by atoms with van der Waals surface area (Å²) in [5.74, 6) is -1.40. The minimum Gasteiger partial charge on any atom is -0.481 e. The molecular formula is C23H25ClN2O5S. The van der Waals surface area contributed by atoms with Crippen LogP contribution in [0.3, 0.4) is 0 Å². The lowest BCUT2D eigenvalue weighted by molar-refractivity contribution is -0.136. The molecule has 170 valence electrons. The standard InChI is InChI=1S/C23H25ClN2O5S/c1-22(26-32(3,30)31)12-16(11-20(27)28)23(2,13-18-5-4-10-25-18)19(14-22)21(29)15-6-8-17(24)9-7-15/h4-10,12,14,25-26H,11,13H2,1-3H3,(H,27,28). The highest BCUT2D eigenvalue weighted by molar-refractivity contribution is 7.88. The van der Waals surface area contributed by atoms with E-state index in [1.165, 1.54) is 0 Å². The van der Waals surface area contributed by atoms with Crippen LogP contribution in [0.5, 0.6) is 0 Å². The van der Waals surface area contributed by atoms with Crippen LogP contribution in [0, 0.1) is 5.41 Å². The van der Waals surface area contributed by atoms with E-state index in [0.29, 0.717) is 28.2 Å². The van der Waals surface area contributed by atoms with Gasteiger partial charge in [0.2, 0.25) is 10.0 Å². The third-order valence-electron chi connectivity index (χ3n) is 5.53. The Bertz CT molecular complexity index is 1200. The number of allylic oxidation sites excluding steroid dienone is 1. The molecule has 0 aliphatic heterocycles. The Kier molecular flexibility index (Phi) is 6.51. The van der Waals surface area contributed by atoms with Gasteiger partial charge in [-0.15, -0.1) is 0 Å². The Balaban J connectivity index is 2.21. The Morgan fingerprint density at radius 1 is 1.12 bits per heavy atom. The van der Waals surface area contributed by atoms with Gasteiger partial charge in [0.25, 0.3) is 0 Å². The van der Waals surface area contributed by atoms with E-state index in [-0.39, 0.29) is 12.2 Å². The molecule has 1 heterocycles. The molecule has 0 saturated heterocycles. The second kappa shape index (κ2) is 8.69. The van der Waals surface area contributed by atoms with Gasteiger partial charge in [0.15, 0.2) is 5.78 Å². The average molecular weight is 477 g/mol. The lowest BCUT2D eigenvalue weighted by Gasteiger charge is -2.41. The van der Waals surface area contributed by atoms with Crippen LogP contribution in [-0.4, -0.2) is 42.1 Å². The molecule has 1 aromatic carbocycles. The van der Waals surface area contributed by atoms with Crippen molar-refractivity contribution in [3.63, 3.8) is 0 Å². The summed E-state index contributed by atoms with van der Waals surface area (Å²) in [5, 5.41) is 10.1. The number of Topliss-reactive ketones (excluding diaryl/α,β-unsaturated/α-hetero) is 1. The number of aromatic nitrogens is 1. The highest BCUT2D eigenvalue weighted by Gasteiger charge is 2.44. The molecule has 0 spiro atoms. The molecule has 1 aliphatic carbocycles. The van der Waals surface area contributed by atoms with Gasteiger partial charge in [-0.1, -0.05) is 36.2 Å². The van der Waals surface area contributed by atoms with E-state index < -0.39 is 26.9 Å². The predicted molar refractivity (Wildman–Crippen MR) is 123 cm³/mol. The second-order valence-corrected chi connectivity index (χ2v) is 10.7. The summed E-state index contributed by atoms with van der Waals surface area (Å²) in [5.41, 5.74) is -0.316. The number of ketones is 1. The molecule has 0 fully saturated rings. The first kappa shape index (κ1) is 24.0. The third-order valence-corrected chi connectivity index (χ3v) is 6.59. The largest absolute Gasteiger partial charge is 0.481 e. The van der Waals surface area contributed by atoms with Crippen LogP contribution in [-0.2, 0) is 21.2 Å². The number of halogens is 1. The summed E-state index contributed by atoms with van der Waals surface area (Å²) in [6.07, 6.45) is 5.94. The summed E-state index contributed by atoms with van der Waals surface area (Å²) < 4.78 is 26.6. The number of sulfonamides is 1. The first-order valence-corrected chi connectivity index (χ1v) is 12.2. The van der Waals surface area contributed by atoms with Gasteiger partial charge in [-0.25, -0.2) is 13.1 Å². The topological polar surface area (TPSA) is 116 Å². The number of rotatable bonds is 8. The van der Waals surface area contributed by atoms with Crippen LogP contribution in [0.2, 0.25) is 5.02 Å². The second-order valence-electron chi connectivity index (χ2n) is 8.50. The molecule has 0 radical (unpaired) electrons. The fraction of sp³-hybridized carbons (Fsp3) is 0.304. The van der Waals surface area contributed by atoms with Crippen molar-refractivity contribution in [2.45, 2.75) is 32.2 Å². The Morgan fingerprint density at radius 2 is 1.78 bits per heavy atom. The number of nitrogens with one attached hydrogen (secondary N) is 2. The molecule has 32 heavy (non-hydrogen) atoms. The summed E-state index contributed by atoms with van der Waals surface area (Å²) >= 11 is 5.97. The van der Waals surface area contributed by atoms with Crippen LogP contribution in [0.1, 0.15) is 36.3 Å². The van der Waals surface area contributed by atoms with Gasteiger partial charge in [0.05, 0.1) is 18.2 Å². The van der Waals surface area contributed by atoms with Crippen molar-refractivity contribution in [2.75, 3.05) is 6.26 Å². The van der Waals surface area contributed by atoms with Crippen LogP contribution in [0.15, 0.2) is 65.9 Å². The minimum atomic E-state index is -3.66. The Morgan fingerprint density at radius 3 is 2.31 bits per heavy atom. The number of benzene rings is 1. The van der Waals surface area contributed by atoms with Crippen LogP contribution < -0.4 is 4.72 Å². The van der Waals surface area contributed by atoms with Crippen molar-refractivity contribution in [3.8, 4) is 0 Å². The summed E-state index contributed by atoms with van der Waals surface area (Å²) in [4.78, 5) is 28.5. The zero-order valence-electron chi connectivity index (χ0n) is 18.0. The highest BCUT2D eigenvalue weighted by Crippen LogP contribution is 2.46. The van der Waals surface area contributed by atoms with Gasteiger partial charge < -0.3 is 10.1 Å². The average Bonchev–Trinajstić information content (AvgIpc) is 3.16. The van der Waals surface area contributed by atoms with Gasteiger partial charge in [-0.3, -0.25) is 9.59 Å². The molecule has 2 unspecified atom stereocenters. The number of aliphatic carboxylic acids is 1. The summed E-state index contributed by atoms with van der Waals surface area (Å²) in [6, 6.07) is 10.1. The first-order valence-electron chi connectivity index (χ1n) is 9.90. The fourth-order valence-electron chi connectivity index (χ4n) is 4.20. The number of hydrogen-bond acceptors (Lipinski definition) is 4. The molecule has 0 amide bonds. The molecule has 1 aromatic heterocycles. The maximum atomic E-state index is 13.7. The zero-order chi connectivity index (χ0) is 23.7. The highest BCUT2D eigenvalue weighted by atomic mass is 35.5. The van der Waals surface area contributed by atoms with E-state index in [2.05, 4.69) is 9.71 Å². The van der Waals surface area contributed by atoms with Crippen molar-refractivity contribution < 1.29 is 23.1 Å². The van der Waals surface area contributed by atoms with E-state index in [1.54, 1.807) is 49.5 Å². The van der Waals surface area contributed by atoms with Crippen LogP contribution >= 0.6 is 11.6 Å². The van der Waals surface area contributed by atoms with Gasteiger partial charge >= 0.3 is 5.97 Å². The predicted octanol–water partition coefficient (Wildman–Crippen LogP) is 3.75. The van der Waals surface area contributed by atoms with Crippen molar-refractivity contribution in [3.05, 3.63) is 82.2 Å². The normalized spacial score (nSPS) is 23.4. The smallest absolute Gasteiger partial charge is 0.307 e. The van der Waals surface area contributed by atoms with E-state index in [0.717, 1.165) is 11.9 Å². The first-order chi connectivity index (χ1) is 14.8. The maximum Gasteiger partial charge on any atom is 0.307 e. The number of aromatic amines is 1. The molecule has 1 aliphatic rings. The van der Waals surface area contributed by atoms with Crippen molar-refractivity contribution in [1.82, 2.24) is 9.71 Å². The van der Waals surface area contributed by atoms with Gasteiger partial charge in [0.1, 0.15) is 0 Å². The molecule has 9 heteroatoms. The Labute approximate surface area is 192 Å². The molecular weight excluding hydrogens is 452 g/mol. The Hall–Kier alpha value is -2.68. The fourth-order valence-corrected chi connectivity index (χ4v) is 5.25. The zero-order valence-corrected chi connectivity index (χ0v) is 19.5. The number of carboxylic acid groups (broad SMARTS) is 1. The van der Waals surface area contributed by atoms with Crippen LogP contribution in [0.25, 0.3) is 0 Å². The molecule has 2 aromatic rings. The van der Waals surface area contributed by atoms with Crippen molar-refractivity contribution in [1.29, 1.82) is 0 Å². The lowest BCUT2D eigenvalue weighted by atomic mass is 9.64. The number of H-pyrrole nitrogens is 1.